The summed E-state index contributed by atoms with van der Waals surface area (Å²) in [4.78, 5) is 12.1. The largest absolute Gasteiger partial charge is 0.497 e. The van der Waals surface area contributed by atoms with Crippen molar-refractivity contribution < 1.29 is 14.3 Å². The first kappa shape index (κ1) is 18.9. The average Bonchev–Trinajstić information content (AvgIpc) is 2.98. The number of amides is 1. The molecule has 0 unspecified atom stereocenters. The fourth-order valence-electron chi connectivity index (χ4n) is 2.16. The Balaban J connectivity index is 1.90. The summed E-state index contributed by atoms with van der Waals surface area (Å²) in [5.41, 5.74) is 0.903. The van der Waals surface area contributed by atoms with E-state index in [-0.39, 0.29) is 11.7 Å². The highest BCUT2D eigenvalue weighted by Crippen LogP contribution is 2.22. The summed E-state index contributed by atoms with van der Waals surface area (Å²) >= 11 is 1.35. The molecule has 1 aromatic heterocycles. The van der Waals surface area contributed by atoms with Crippen LogP contribution in [0.5, 0.6) is 11.5 Å². The fraction of sp³-hybridized carbons (Fsp3) is 0.353. The van der Waals surface area contributed by atoms with Crippen LogP contribution >= 0.6 is 11.8 Å². The Hall–Kier alpha value is -2.48. The van der Waals surface area contributed by atoms with Crippen molar-refractivity contribution in [3.8, 4) is 11.5 Å². The SMILES string of the molecule is C=CCn1c(C)nnc1SCC(=O)NCc1cc(OC)cc(OC)c1. The van der Waals surface area contributed by atoms with Gasteiger partial charge in [-0.1, -0.05) is 17.8 Å². The summed E-state index contributed by atoms with van der Waals surface area (Å²) in [7, 11) is 3.18. The summed E-state index contributed by atoms with van der Waals surface area (Å²) in [5.74, 6) is 2.34. The standard InChI is InChI=1S/C17H22N4O3S/c1-5-6-21-12(2)19-20-17(21)25-11-16(22)18-10-13-7-14(23-3)9-15(8-13)24-4/h5,7-9H,1,6,10-11H2,2-4H3,(H,18,22). The first-order chi connectivity index (χ1) is 12.1. The summed E-state index contributed by atoms with van der Waals surface area (Å²) in [5, 5.41) is 11.7. The molecule has 2 aromatic rings. The maximum absolute atomic E-state index is 12.1. The van der Waals surface area contributed by atoms with Crippen molar-refractivity contribution >= 4 is 17.7 Å². The number of methoxy groups -OCH3 is 2. The molecule has 0 saturated heterocycles. The monoisotopic (exact) mass is 362 g/mol. The van der Waals surface area contributed by atoms with Crippen LogP contribution in [0.15, 0.2) is 36.0 Å². The number of hydrogen-bond acceptors (Lipinski definition) is 6. The summed E-state index contributed by atoms with van der Waals surface area (Å²) < 4.78 is 12.4. The molecule has 0 aliphatic carbocycles. The average molecular weight is 362 g/mol. The smallest absolute Gasteiger partial charge is 0.230 e. The number of nitrogens with zero attached hydrogens (tertiary/aromatic N) is 3. The van der Waals surface area contributed by atoms with E-state index >= 15 is 0 Å². The summed E-state index contributed by atoms with van der Waals surface area (Å²) in [6, 6.07) is 5.51. The highest BCUT2D eigenvalue weighted by atomic mass is 32.2. The number of nitrogens with one attached hydrogen (secondary N) is 1. The molecule has 0 bridgehead atoms. The number of benzene rings is 1. The number of aryl methyl sites for hydroxylation is 1. The van der Waals surface area contributed by atoms with Crippen LogP contribution in [0, 0.1) is 6.92 Å². The van der Waals surface area contributed by atoms with Gasteiger partial charge in [-0.25, -0.2) is 0 Å². The first-order valence-electron chi connectivity index (χ1n) is 7.69. The lowest BCUT2D eigenvalue weighted by molar-refractivity contribution is -0.118. The Morgan fingerprint density at radius 3 is 2.56 bits per heavy atom. The minimum Gasteiger partial charge on any atom is -0.497 e. The molecule has 0 fully saturated rings. The van der Waals surface area contributed by atoms with Gasteiger partial charge in [-0.15, -0.1) is 16.8 Å². The van der Waals surface area contributed by atoms with Crippen molar-refractivity contribution in [1.82, 2.24) is 20.1 Å². The summed E-state index contributed by atoms with van der Waals surface area (Å²) in [6.07, 6.45) is 1.77. The molecule has 1 N–H and O–H groups in total. The van der Waals surface area contributed by atoms with Crippen molar-refractivity contribution in [3.63, 3.8) is 0 Å². The Bertz CT molecular complexity index is 723. The van der Waals surface area contributed by atoms with E-state index in [1.807, 2.05) is 23.6 Å². The molecule has 1 aromatic carbocycles. The van der Waals surface area contributed by atoms with Gasteiger partial charge in [0.05, 0.1) is 20.0 Å². The van der Waals surface area contributed by atoms with E-state index in [4.69, 9.17) is 9.47 Å². The number of allylic oxidation sites excluding steroid dienone is 1. The maximum Gasteiger partial charge on any atom is 0.230 e. The molecular weight excluding hydrogens is 340 g/mol. The van der Waals surface area contributed by atoms with Gasteiger partial charge in [0.2, 0.25) is 5.91 Å². The van der Waals surface area contributed by atoms with Crippen LogP contribution in [-0.4, -0.2) is 40.6 Å². The van der Waals surface area contributed by atoms with E-state index in [0.29, 0.717) is 29.7 Å². The Kier molecular flexibility index (Phi) is 6.88. The van der Waals surface area contributed by atoms with Crippen molar-refractivity contribution in [2.24, 2.45) is 0 Å². The number of ether oxygens (including phenoxy) is 2. The van der Waals surface area contributed by atoms with Crippen molar-refractivity contribution in [2.75, 3.05) is 20.0 Å². The lowest BCUT2D eigenvalue weighted by Gasteiger charge is -2.10. The van der Waals surface area contributed by atoms with E-state index in [1.54, 1.807) is 26.4 Å². The van der Waals surface area contributed by atoms with Gasteiger partial charge in [-0.3, -0.25) is 4.79 Å². The molecule has 2 rings (SSSR count). The van der Waals surface area contributed by atoms with Crippen LogP contribution in [0.25, 0.3) is 0 Å². The van der Waals surface area contributed by atoms with Crippen LogP contribution in [0.2, 0.25) is 0 Å². The van der Waals surface area contributed by atoms with Gasteiger partial charge in [0, 0.05) is 19.2 Å². The predicted octanol–water partition coefficient (Wildman–Crippen LogP) is 2.20. The van der Waals surface area contributed by atoms with E-state index in [0.717, 1.165) is 11.4 Å². The van der Waals surface area contributed by atoms with Gasteiger partial charge < -0.3 is 19.4 Å². The molecule has 0 aliphatic rings. The zero-order valence-corrected chi connectivity index (χ0v) is 15.4. The normalized spacial score (nSPS) is 10.4. The third kappa shape index (κ3) is 5.25. The van der Waals surface area contributed by atoms with E-state index < -0.39 is 0 Å². The van der Waals surface area contributed by atoms with Crippen molar-refractivity contribution in [3.05, 3.63) is 42.2 Å². The molecule has 0 saturated carbocycles. The summed E-state index contributed by atoms with van der Waals surface area (Å²) in [6.45, 7) is 6.60. The second kappa shape index (κ2) is 9.12. The quantitative estimate of drug-likeness (QED) is 0.544. The topological polar surface area (TPSA) is 78.3 Å². The van der Waals surface area contributed by atoms with Crippen LogP contribution < -0.4 is 14.8 Å². The van der Waals surface area contributed by atoms with Crippen LogP contribution in [0.4, 0.5) is 0 Å². The second-order valence-corrected chi connectivity index (χ2v) is 6.16. The van der Waals surface area contributed by atoms with E-state index in [2.05, 4.69) is 22.1 Å². The van der Waals surface area contributed by atoms with Gasteiger partial charge in [-0.2, -0.15) is 0 Å². The zero-order valence-electron chi connectivity index (χ0n) is 14.6. The molecule has 25 heavy (non-hydrogen) atoms. The molecule has 7 nitrogen and oxygen atoms in total. The minimum absolute atomic E-state index is 0.0856. The van der Waals surface area contributed by atoms with Gasteiger partial charge in [-0.05, 0) is 24.6 Å². The first-order valence-corrected chi connectivity index (χ1v) is 8.68. The molecule has 0 radical (unpaired) electrons. The van der Waals surface area contributed by atoms with Gasteiger partial charge in [0.1, 0.15) is 17.3 Å². The highest BCUT2D eigenvalue weighted by Gasteiger charge is 2.11. The molecule has 8 heteroatoms. The van der Waals surface area contributed by atoms with Crippen molar-refractivity contribution in [1.29, 1.82) is 0 Å². The number of hydrogen-bond donors (Lipinski definition) is 1. The number of carbonyl (C=O) groups is 1. The predicted molar refractivity (Wildman–Crippen MR) is 97.1 cm³/mol. The molecule has 1 amide bonds. The Morgan fingerprint density at radius 1 is 1.28 bits per heavy atom. The number of aromatic nitrogens is 3. The zero-order chi connectivity index (χ0) is 18.2. The van der Waals surface area contributed by atoms with Gasteiger partial charge in [0.15, 0.2) is 5.16 Å². The minimum atomic E-state index is -0.0856. The fourth-order valence-corrected chi connectivity index (χ4v) is 2.98. The lowest BCUT2D eigenvalue weighted by atomic mass is 10.2. The van der Waals surface area contributed by atoms with Crippen molar-refractivity contribution in [2.45, 2.75) is 25.2 Å². The highest BCUT2D eigenvalue weighted by molar-refractivity contribution is 7.99. The molecule has 1 heterocycles. The molecule has 134 valence electrons. The Labute approximate surface area is 151 Å². The maximum atomic E-state index is 12.1. The number of rotatable bonds is 9. The third-order valence-corrected chi connectivity index (χ3v) is 4.41. The van der Waals surface area contributed by atoms with Crippen LogP contribution in [0.1, 0.15) is 11.4 Å². The van der Waals surface area contributed by atoms with Crippen LogP contribution in [-0.2, 0) is 17.9 Å². The van der Waals surface area contributed by atoms with Gasteiger partial charge in [0.25, 0.3) is 0 Å². The number of carbonyl (C=O) groups excluding carboxylic acids is 1. The third-order valence-electron chi connectivity index (χ3n) is 3.45. The molecule has 0 aliphatic heterocycles. The van der Waals surface area contributed by atoms with Crippen LogP contribution in [0.3, 0.4) is 0 Å². The molecule has 0 spiro atoms. The van der Waals surface area contributed by atoms with Gasteiger partial charge >= 0.3 is 0 Å². The molecule has 0 atom stereocenters. The number of thioether (sulfide) groups is 1. The molecular formula is C17H22N4O3S. The Morgan fingerprint density at radius 2 is 1.96 bits per heavy atom. The second-order valence-electron chi connectivity index (χ2n) is 5.22. The van der Waals surface area contributed by atoms with E-state index in [1.165, 1.54) is 11.8 Å². The lowest BCUT2D eigenvalue weighted by Crippen LogP contribution is -2.24. The van der Waals surface area contributed by atoms with E-state index in [9.17, 15) is 4.79 Å².